The van der Waals surface area contributed by atoms with Gasteiger partial charge in [0.15, 0.2) is 17.5 Å². The van der Waals surface area contributed by atoms with E-state index >= 15 is 0 Å². The molecule has 0 bridgehead atoms. The highest BCUT2D eigenvalue weighted by Crippen LogP contribution is 2.44. The Labute approximate surface area is 288 Å². The molecule has 0 radical (unpaired) electrons. The summed E-state index contributed by atoms with van der Waals surface area (Å²) in [4.78, 5) is 20.2. The Balaban J connectivity index is 1.32. The second kappa shape index (κ2) is 11.4. The van der Waals surface area contributed by atoms with Crippen molar-refractivity contribution in [3.05, 3.63) is 170 Å². The van der Waals surface area contributed by atoms with Gasteiger partial charge in [0.2, 0.25) is 0 Å². The molecule has 4 heteroatoms. The smallest absolute Gasteiger partial charge is 0.165 e. The van der Waals surface area contributed by atoms with Gasteiger partial charge in [0, 0.05) is 29.1 Å². The lowest BCUT2D eigenvalue weighted by molar-refractivity contribution is 1.08. The van der Waals surface area contributed by atoms with Crippen LogP contribution >= 0.6 is 0 Å². The van der Waals surface area contributed by atoms with Crippen molar-refractivity contribution in [1.29, 1.82) is 0 Å². The number of aromatic nitrogens is 4. The van der Waals surface area contributed by atoms with Crippen LogP contribution in [0.5, 0.6) is 0 Å². The van der Waals surface area contributed by atoms with Crippen LogP contribution in [-0.2, 0) is 0 Å². The maximum atomic E-state index is 5.39. The minimum absolute atomic E-state index is 0.639. The highest BCUT2D eigenvalue weighted by atomic mass is 15.0. The number of hydrogen-bond donors (Lipinski definition) is 0. The summed E-state index contributed by atoms with van der Waals surface area (Å²) >= 11 is 0. The van der Waals surface area contributed by atoms with Gasteiger partial charge in [0.25, 0.3) is 0 Å². The van der Waals surface area contributed by atoms with E-state index in [1.807, 2.05) is 30.6 Å². The summed E-state index contributed by atoms with van der Waals surface area (Å²) in [5.74, 6) is 1.93. The molecule has 232 valence electrons. The molecular formula is C46H28N4. The van der Waals surface area contributed by atoms with E-state index in [4.69, 9.17) is 15.0 Å². The highest BCUT2D eigenvalue weighted by molar-refractivity contribution is 6.23. The van der Waals surface area contributed by atoms with Gasteiger partial charge in [-0.1, -0.05) is 140 Å². The first-order chi connectivity index (χ1) is 24.8. The van der Waals surface area contributed by atoms with Gasteiger partial charge in [-0.3, -0.25) is 4.98 Å². The molecule has 8 aromatic carbocycles. The van der Waals surface area contributed by atoms with Crippen LogP contribution < -0.4 is 0 Å². The molecule has 0 saturated carbocycles. The molecule has 0 saturated heterocycles. The third-order valence-corrected chi connectivity index (χ3v) is 9.78. The summed E-state index contributed by atoms with van der Waals surface area (Å²) in [7, 11) is 0. The molecule has 0 spiro atoms. The summed E-state index contributed by atoms with van der Waals surface area (Å²) in [6, 6.07) is 55.4. The van der Waals surface area contributed by atoms with Gasteiger partial charge in [0.1, 0.15) is 0 Å². The van der Waals surface area contributed by atoms with Crippen molar-refractivity contribution in [2.75, 3.05) is 0 Å². The van der Waals surface area contributed by atoms with Gasteiger partial charge in [-0.05, 0) is 83.2 Å². The molecule has 0 atom stereocenters. The summed E-state index contributed by atoms with van der Waals surface area (Å²) < 4.78 is 0. The molecule has 0 aliphatic heterocycles. The lowest BCUT2D eigenvalue weighted by Gasteiger charge is -2.18. The largest absolute Gasteiger partial charge is 0.265 e. The average molecular weight is 637 g/mol. The quantitative estimate of drug-likeness (QED) is 0.142. The van der Waals surface area contributed by atoms with E-state index < -0.39 is 0 Å². The van der Waals surface area contributed by atoms with Crippen molar-refractivity contribution in [3.63, 3.8) is 0 Å². The maximum absolute atomic E-state index is 5.39. The van der Waals surface area contributed by atoms with Crippen LogP contribution in [0.4, 0.5) is 0 Å². The zero-order valence-electron chi connectivity index (χ0n) is 27.0. The molecule has 0 aliphatic carbocycles. The van der Waals surface area contributed by atoms with Crippen molar-refractivity contribution >= 4 is 53.9 Å². The third-order valence-electron chi connectivity index (χ3n) is 9.78. The van der Waals surface area contributed by atoms with Crippen LogP contribution in [0.1, 0.15) is 0 Å². The molecule has 10 aromatic rings. The second-order valence-corrected chi connectivity index (χ2v) is 12.6. The fourth-order valence-electron chi connectivity index (χ4n) is 7.59. The minimum Gasteiger partial charge on any atom is -0.265 e. The van der Waals surface area contributed by atoms with E-state index in [2.05, 4.69) is 145 Å². The lowest BCUT2D eigenvalue weighted by atomic mass is 9.88. The Hall–Kier alpha value is -6.78. The molecule has 4 nitrogen and oxygen atoms in total. The molecule has 50 heavy (non-hydrogen) atoms. The van der Waals surface area contributed by atoms with Crippen molar-refractivity contribution in [3.8, 4) is 45.3 Å². The van der Waals surface area contributed by atoms with Gasteiger partial charge < -0.3 is 0 Å². The SMILES string of the molecule is c1ccc(-c2nc(-c3c4ccccc4c(-c4ccncc4)c4ccccc34)nc(-c3cc4ccc5ccccc5c4c4ccccc34)n2)cc1. The van der Waals surface area contributed by atoms with Crippen molar-refractivity contribution in [2.45, 2.75) is 0 Å². The van der Waals surface area contributed by atoms with Crippen LogP contribution in [0.15, 0.2) is 170 Å². The molecular weight excluding hydrogens is 609 g/mol. The summed E-state index contributed by atoms with van der Waals surface area (Å²) in [5.41, 5.74) is 5.20. The van der Waals surface area contributed by atoms with E-state index in [0.29, 0.717) is 17.5 Å². The number of nitrogens with zero attached hydrogens (tertiary/aromatic N) is 4. The first kappa shape index (κ1) is 28.3. The number of rotatable bonds is 4. The van der Waals surface area contributed by atoms with Crippen LogP contribution in [0, 0.1) is 0 Å². The summed E-state index contributed by atoms with van der Waals surface area (Å²) in [6.45, 7) is 0. The third kappa shape index (κ3) is 4.46. The monoisotopic (exact) mass is 636 g/mol. The van der Waals surface area contributed by atoms with Crippen molar-refractivity contribution in [1.82, 2.24) is 19.9 Å². The van der Waals surface area contributed by atoms with Gasteiger partial charge in [-0.2, -0.15) is 0 Å². The van der Waals surface area contributed by atoms with E-state index in [1.54, 1.807) is 0 Å². The van der Waals surface area contributed by atoms with E-state index in [0.717, 1.165) is 54.6 Å². The predicted molar refractivity (Wildman–Crippen MR) is 207 cm³/mol. The van der Waals surface area contributed by atoms with Gasteiger partial charge in [0.05, 0.1) is 0 Å². The van der Waals surface area contributed by atoms with Crippen LogP contribution in [0.2, 0.25) is 0 Å². The van der Waals surface area contributed by atoms with Crippen LogP contribution in [0.25, 0.3) is 99.2 Å². The average Bonchev–Trinajstić information content (AvgIpc) is 3.19. The maximum Gasteiger partial charge on any atom is 0.165 e. The summed E-state index contributed by atoms with van der Waals surface area (Å²) in [5, 5.41) is 11.6. The standard InChI is InChI=1S/C46H28N4/c1-2-13-31(14-3-1)44-48-45(40-28-32-23-22-29-12-4-5-15-33(29)42(32)35-17-7-6-16-34(35)40)50-46(49-44)43-38-20-10-8-18-36(38)41(30-24-26-47-27-25-30)37-19-9-11-21-39(37)43/h1-28H. The molecule has 2 heterocycles. The van der Waals surface area contributed by atoms with Crippen LogP contribution in [0.3, 0.4) is 0 Å². The first-order valence-corrected chi connectivity index (χ1v) is 16.8. The highest BCUT2D eigenvalue weighted by Gasteiger charge is 2.21. The Morgan fingerprint density at radius 3 is 1.54 bits per heavy atom. The predicted octanol–water partition coefficient (Wildman–Crippen LogP) is 11.7. The molecule has 2 aromatic heterocycles. The van der Waals surface area contributed by atoms with E-state index in [9.17, 15) is 0 Å². The van der Waals surface area contributed by atoms with Gasteiger partial charge in [-0.25, -0.2) is 15.0 Å². The first-order valence-electron chi connectivity index (χ1n) is 16.8. The molecule has 10 rings (SSSR count). The number of fused-ring (bicyclic) bond motifs is 7. The van der Waals surface area contributed by atoms with Gasteiger partial charge >= 0.3 is 0 Å². The number of benzene rings is 8. The molecule has 0 fully saturated rings. The Morgan fingerprint density at radius 2 is 0.840 bits per heavy atom. The number of hydrogen-bond acceptors (Lipinski definition) is 4. The Kier molecular flexibility index (Phi) is 6.46. The van der Waals surface area contributed by atoms with Crippen molar-refractivity contribution < 1.29 is 0 Å². The lowest BCUT2D eigenvalue weighted by Crippen LogP contribution is -2.02. The zero-order valence-corrected chi connectivity index (χ0v) is 27.0. The van der Waals surface area contributed by atoms with Crippen LogP contribution in [-0.4, -0.2) is 19.9 Å². The Morgan fingerprint density at radius 1 is 0.320 bits per heavy atom. The zero-order chi connectivity index (χ0) is 33.0. The fourth-order valence-corrected chi connectivity index (χ4v) is 7.59. The van der Waals surface area contributed by atoms with Crippen molar-refractivity contribution in [2.24, 2.45) is 0 Å². The normalized spacial score (nSPS) is 11.6. The molecule has 0 unspecified atom stereocenters. The molecule has 0 amide bonds. The minimum atomic E-state index is 0.639. The summed E-state index contributed by atoms with van der Waals surface area (Å²) in [6.07, 6.45) is 3.71. The second-order valence-electron chi connectivity index (χ2n) is 12.6. The molecule has 0 N–H and O–H groups in total. The topological polar surface area (TPSA) is 51.6 Å². The van der Waals surface area contributed by atoms with E-state index in [-0.39, 0.29) is 0 Å². The Bertz CT molecular complexity index is 2860. The van der Waals surface area contributed by atoms with E-state index in [1.165, 1.54) is 27.1 Å². The molecule has 0 aliphatic rings. The fraction of sp³-hybridized carbons (Fsp3) is 0. The number of pyridine rings is 1. The van der Waals surface area contributed by atoms with Gasteiger partial charge in [-0.15, -0.1) is 0 Å².